The highest BCUT2D eigenvalue weighted by atomic mass is 16.5. The van der Waals surface area contributed by atoms with E-state index in [4.69, 9.17) is 14.7 Å². The number of benzene rings is 2. The maximum Gasteiger partial charge on any atom is 0.307 e. The van der Waals surface area contributed by atoms with E-state index in [-0.39, 0.29) is 50.5 Å². The Hall–Kier alpha value is -3.86. The van der Waals surface area contributed by atoms with Gasteiger partial charge in [-0.25, -0.2) is 0 Å². The number of fused-ring (bicyclic) bond motifs is 1. The molecule has 0 bridgehead atoms. The molecule has 2 amide bonds. The Balaban J connectivity index is 1.87. The van der Waals surface area contributed by atoms with Crippen LogP contribution in [0.5, 0.6) is 5.75 Å². The molecule has 0 aromatic heterocycles. The third-order valence-electron chi connectivity index (χ3n) is 5.30. The van der Waals surface area contributed by atoms with Crippen molar-refractivity contribution in [3.63, 3.8) is 0 Å². The Morgan fingerprint density at radius 1 is 1.18 bits per heavy atom. The van der Waals surface area contributed by atoms with Crippen LogP contribution in [0, 0.1) is 17.2 Å². The van der Waals surface area contributed by atoms with Crippen molar-refractivity contribution in [1.29, 1.82) is 5.26 Å². The van der Waals surface area contributed by atoms with E-state index >= 15 is 0 Å². The molecule has 0 fully saturated rings. The predicted molar refractivity (Wildman–Crippen MR) is 126 cm³/mol. The lowest BCUT2D eigenvalue weighted by Crippen LogP contribution is -2.41. The van der Waals surface area contributed by atoms with Gasteiger partial charge in [-0.05, 0) is 48.7 Å². The van der Waals surface area contributed by atoms with Gasteiger partial charge in [-0.2, -0.15) is 5.26 Å². The molecular formula is C26H29N3O5. The van der Waals surface area contributed by atoms with Crippen LogP contribution < -0.4 is 9.64 Å². The number of esters is 1. The van der Waals surface area contributed by atoms with Crippen LogP contribution in [0.25, 0.3) is 0 Å². The maximum absolute atomic E-state index is 13.4. The molecule has 0 saturated heterocycles. The van der Waals surface area contributed by atoms with Gasteiger partial charge in [0.1, 0.15) is 18.9 Å². The molecule has 0 unspecified atom stereocenters. The van der Waals surface area contributed by atoms with Gasteiger partial charge in [-0.3, -0.25) is 14.4 Å². The number of rotatable bonds is 9. The fraction of sp³-hybridized carbons (Fsp3) is 0.385. The highest BCUT2D eigenvalue weighted by molar-refractivity contribution is 6.10. The zero-order chi connectivity index (χ0) is 24.7. The van der Waals surface area contributed by atoms with Crippen LogP contribution in [0.3, 0.4) is 0 Å². The predicted octanol–water partition coefficient (Wildman–Crippen LogP) is 3.54. The lowest BCUT2D eigenvalue weighted by atomic mass is 10.1. The van der Waals surface area contributed by atoms with Gasteiger partial charge in [0.15, 0.2) is 0 Å². The Bertz CT molecular complexity index is 1110. The second kappa shape index (κ2) is 11.3. The zero-order valence-corrected chi connectivity index (χ0v) is 19.7. The molecule has 0 aliphatic carbocycles. The molecule has 1 heterocycles. The quantitative estimate of drug-likeness (QED) is 0.528. The Morgan fingerprint density at radius 3 is 2.68 bits per heavy atom. The Labute approximate surface area is 199 Å². The van der Waals surface area contributed by atoms with E-state index in [1.54, 1.807) is 48.2 Å². The van der Waals surface area contributed by atoms with Gasteiger partial charge in [-0.15, -0.1) is 0 Å². The van der Waals surface area contributed by atoms with E-state index in [2.05, 4.69) is 6.07 Å². The van der Waals surface area contributed by atoms with Crippen LogP contribution in [0.1, 0.15) is 48.7 Å². The third-order valence-corrected chi connectivity index (χ3v) is 5.30. The summed E-state index contributed by atoms with van der Waals surface area (Å²) in [5.41, 5.74) is 2.24. The number of carbonyl (C=O) groups is 3. The normalized spacial score (nSPS) is 13.4. The summed E-state index contributed by atoms with van der Waals surface area (Å²) >= 11 is 0. The van der Waals surface area contributed by atoms with E-state index in [0.29, 0.717) is 29.1 Å². The van der Waals surface area contributed by atoms with Gasteiger partial charge < -0.3 is 19.3 Å². The van der Waals surface area contributed by atoms with Crippen molar-refractivity contribution in [3.8, 4) is 11.8 Å². The van der Waals surface area contributed by atoms with Gasteiger partial charge in [-0.1, -0.05) is 26.0 Å². The van der Waals surface area contributed by atoms with E-state index < -0.39 is 5.97 Å². The van der Waals surface area contributed by atoms with Gasteiger partial charge in [0.2, 0.25) is 5.91 Å². The molecule has 2 aromatic rings. The van der Waals surface area contributed by atoms with Crippen LogP contribution in [-0.4, -0.2) is 48.9 Å². The van der Waals surface area contributed by atoms with Gasteiger partial charge >= 0.3 is 5.97 Å². The number of hydrogen-bond donors (Lipinski definition) is 0. The fourth-order valence-electron chi connectivity index (χ4n) is 3.74. The average Bonchev–Trinajstić information content (AvgIpc) is 2.91. The van der Waals surface area contributed by atoms with Crippen molar-refractivity contribution < 1.29 is 23.9 Å². The number of amides is 2. The van der Waals surface area contributed by atoms with Crippen molar-refractivity contribution in [3.05, 3.63) is 59.2 Å². The molecule has 0 N–H and O–H groups in total. The lowest BCUT2D eigenvalue weighted by Gasteiger charge is -2.24. The summed E-state index contributed by atoms with van der Waals surface area (Å²) in [7, 11) is 0. The minimum Gasteiger partial charge on any atom is -0.489 e. The summed E-state index contributed by atoms with van der Waals surface area (Å²) < 4.78 is 10.9. The lowest BCUT2D eigenvalue weighted by molar-refractivity contribution is -0.143. The summed E-state index contributed by atoms with van der Waals surface area (Å²) in [6.45, 7) is 6.65. The molecule has 1 aliphatic heterocycles. The minimum absolute atomic E-state index is 0.0117. The fourth-order valence-corrected chi connectivity index (χ4v) is 3.74. The molecule has 0 spiro atoms. The number of anilines is 1. The molecule has 2 aromatic carbocycles. The average molecular weight is 464 g/mol. The molecular weight excluding hydrogens is 434 g/mol. The second-order valence-corrected chi connectivity index (χ2v) is 8.46. The number of nitriles is 1. The largest absolute Gasteiger partial charge is 0.489 e. The van der Waals surface area contributed by atoms with Crippen molar-refractivity contribution in [1.82, 2.24) is 4.90 Å². The first-order chi connectivity index (χ1) is 16.3. The molecule has 34 heavy (non-hydrogen) atoms. The Morgan fingerprint density at radius 2 is 1.97 bits per heavy atom. The SMILES string of the molecule is CCOC(=O)CCN1CC(=O)N(CC(C)C)c2ccc(OCc3cccc(C#N)c3)cc2C1=O. The molecule has 178 valence electrons. The van der Waals surface area contributed by atoms with E-state index in [0.717, 1.165) is 5.56 Å². The van der Waals surface area contributed by atoms with Crippen LogP contribution in [-0.2, 0) is 20.9 Å². The first kappa shape index (κ1) is 24.8. The molecule has 0 radical (unpaired) electrons. The molecule has 1 aliphatic rings. The summed E-state index contributed by atoms with van der Waals surface area (Å²) in [5.74, 6) is -0.287. The summed E-state index contributed by atoms with van der Waals surface area (Å²) in [5, 5.41) is 9.08. The maximum atomic E-state index is 13.4. The highest BCUT2D eigenvalue weighted by Gasteiger charge is 2.32. The zero-order valence-electron chi connectivity index (χ0n) is 19.7. The summed E-state index contributed by atoms with van der Waals surface area (Å²) in [6, 6.07) is 14.3. The van der Waals surface area contributed by atoms with Crippen LogP contribution >= 0.6 is 0 Å². The standard InChI is InChI=1S/C26H29N3O5/c1-4-33-25(31)10-11-28-16-24(30)29(15-18(2)3)23-9-8-21(13-22(23)26(28)32)34-17-20-7-5-6-19(12-20)14-27/h5-9,12-13,18H,4,10-11,15-17H2,1-3H3. The van der Waals surface area contributed by atoms with Gasteiger partial charge in [0.05, 0.1) is 35.9 Å². The number of nitrogens with zero attached hydrogens (tertiary/aromatic N) is 3. The summed E-state index contributed by atoms with van der Waals surface area (Å²) in [4.78, 5) is 41.3. The molecule has 3 rings (SSSR count). The first-order valence-electron chi connectivity index (χ1n) is 11.3. The van der Waals surface area contributed by atoms with Crippen molar-refractivity contribution >= 4 is 23.5 Å². The molecule has 8 heteroatoms. The van der Waals surface area contributed by atoms with E-state index in [9.17, 15) is 14.4 Å². The van der Waals surface area contributed by atoms with Crippen LogP contribution in [0.15, 0.2) is 42.5 Å². The molecule has 8 nitrogen and oxygen atoms in total. The molecule has 0 atom stereocenters. The number of ether oxygens (including phenoxy) is 2. The number of carbonyl (C=O) groups excluding carboxylic acids is 3. The second-order valence-electron chi connectivity index (χ2n) is 8.46. The first-order valence-corrected chi connectivity index (χ1v) is 11.3. The van der Waals surface area contributed by atoms with Gasteiger partial charge in [0, 0.05) is 13.1 Å². The Kier molecular flexibility index (Phi) is 8.25. The smallest absolute Gasteiger partial charge is 0.307 e. The topological polar surface area (TPSA) is 99.9 Å². The van der Waals surface area contributed by atoms with Crippen molar-refractivity contribution in [2.45, 2.75) is 33.8 Å². The van der Waals surface area contributed by atoms with E-state index in [1.165, 1.54) is 4.90 Å². The monoisotopic (exact) mass is 463 g/mol. The number of hydrogen-bond acceptors (Lipinski definition) is 6. The van der Waals surface area contributed by atoms with Crippen molar-refractivity contribution in [2.24, 2.45) is 5.92 Å². The highest BCUT2D eigenvalue weighted by Crippen LogP contribution is 2.30. The molecule has 0 saturated carbocycles. The van der Waals surface area contributed by atoms with Crippen LogP contribution in [0.2, 0.25) is 0 Å². The minimum atomic E-state index is -0.414. The van der Waals surface area contributed by atoms with Crippen LogP contribution in [0.4, 0.5) is 5.69 Å². The third kappa shape index (κ3) is 6.13. The van der Waals surface area contributed by atoms with E-state index in [1.807, 2.05) is 19.9 Å². The van der Waals surface area contributed by atoms with Gasteiger partial charge in [0.25, 0.3) is 5.91 Å². The van der Waals surface area contributed by atoms with Crippen molar-refractivity contribution in [2.75, 3.05) is 31.1 Å². The summed E-state index contributed by atoms with van der Waals surface area (Å²) in [6.07, 6.45) is 0.0117.